The molecule has 5 heterocycles. The monoisotopic (exact) mass is 1320 g/mol. The Balaban J connectivity index is 0.946. The number of methoxy groups -OCH3 is 1. The van der Waals surface area contributed by atoms with E-state index in [0.29, 0.717) is 21.5 Å². The molecular weight excluding hydrogens is 1240 g/mol. The molecule has 14 atom stereocenters. The number of carbonyl (C=O) groups is 7. The fourth-order valence-electron chi connectivity index (χ4n) is 12.6. The van der Waals surface area contributed by atoms with Gasteiger partial charge >= 0.3 is 0 Å². The first-order valence-corrected chi connectivity index (χ1v) is 32.3. The lowest BCUT2D eigenvalue weighted by Crippen LogP contribution is -2.64. The average molecular weight is 1320 g/mol. The van der Waals surface area contributed by atoms with Gasteiger partial charge in [-0.3, -0.25) is 33.6 Å². The molecule has 0 saturated carbocycles. The van der Waals surface area contributed by atoms with Gasteiger partial charge in [-0.25, -0.2) is 0 Å². The topological polar surface area (TPSA) is 427 Å². The predicted octanol–water partition coefficient (Wildman–Crippen LogP) is -1.18. The summed E-state index contributed by atoms with van der Waals surface area (Å²) in [5.74, 6) is -8.26. The summed E-state index contributed by atoms with van der Waals surface area (Å²) < 4.78 is 11.5. The molecule has 29 heteroatoms. The maximum Gasteiger partial charge on any atom is 0.251 e. The van der Waals surface area contributed by atoms with E-state index < -0.39 is 152 Å². The van der Waals surface area contributed by atoms with Gasteiger partial charge in [-0.2, -0.15) is 0 Å². The maximum atomic E-state index is 14.7. The van der Waals surface area contributed by atoms with Crippen LogP contribution in [0.2, 0.25) is 0 Å². The van der Waals surface area contributed by atoms with Crippen LogP contribution in [0.25, 0.3) is 21.1 Å². The number of carbonyl (C=O) groups excluding carboxylic acids is 7. The molecule has 0 aliphatic carbocycles. The van der Waals surface area contributed by atoms with Crippen LogP contribution in [0.15, 0.2) is 97.1 Å². The second-order valence-corrected chi connectivity index (χ2v) is 25.4. The van der Waals surface area contributed by atoms with E-state index in [-0.39, 0.29) is 61.4 Å². The maximum absolute atomic E-state index is 14.7. The second kappa shape index (κ2) is 31.8. The molecule has 0 bridgehead atoms. The van der Waals surface area contributed by atoms with E-state index in [1.54, 1.807) is 19.2 Å². The minimum absolute atomic E-state index is 0.00606. The second-order valence-electron chi connectivity index (χ2n) is 24.4. The highest BCUT2D eigenvalue weighted by Crippen LogP contribution is 2.37. The van der Waals surface area contributed by atoms with Crippen molar-refractivity contribution in [2.45, 2.75) is 131 Å². The Morgan fingerprint density at radius 2 is 1.37 bits per heavy atom. The first kappa shape index (κ1) is 70.1. The molecule has 4 aromatic carbocycles. The number of hydrogen-bond donors (Lipinski definition) is 14. The number of aliphatic hydroxyl groups is 6. The quantitative estimate of drug-likeness (QED) is 0.0491. The molecule has 5 aromatic rings. The number of anilines is 1. The van der Waals surface area contributed by atoms with Crippen LogP contribution in [-0.4, -0.2) is 229 Å². The zero-order chi connectivity index (χ0) is 67.5. The number of ether oxygens (including phenoxy) is 2. The number of amides is 7. The van der Waals surface area contributed by atoms with Gasteiger partial charge < -0.3 is 98.0 Å². The van der Waals surface area contributed by atoms with Gasteiger partial charge in [0.2, 0.25) is 35.4 Å². The lowest BCUT2D eigenvalue weighted by molar-refractivity contribution is -0.147. The van der Waals surface area contributed by atoms with Crippen molar-refractivity contribution >= 4 is 58.4 Å². The molecule has 16 N–H and O–H groups in total. The van der Waals surface area contributed by atoms with Crippen molar-refractivity contribution in [3.8, 4) is 32.6 Å². The lowest BCUT2D eigenvalue weighted by Gasteiger charge is -2.37. The third-order valence-electron chi connectivity index (χ3n) is 17.7. The van der Waals surface area contributed by atoms with Crippen LogP contribution in [0, 0.1) is 11.8 Å². The van der Waals surface area contributed by atoms with Crippen molar-refractivity contribution in [3.05, 3.63) is 114 Å². The van der Waals surface area contributed by atoms with Crippen molar-refractivity contribution in [2.75, 3.05) is 64.4 Å². The molecule has 9 rings (SSSR count). The number of nitrogens with two attached hydrogens (primary N) is 2. The number of benzene rings is 4. The van der Waals surface area contributed by atoms with Gasteiger partial charge in [0.05, 0.1) is 42.7 Å². The lowest BCUT2D eigenvalue weighted by atomic mass is 9.87. The standard InChI is InChI=1S/C65H84N12O16S/c1-34-32-77-54(55(34)84)61(89)68-31-43(79)29-45(69-57(85)39-10-12-40(13-11-39)62-73-74-63(94-62)41-14-16-42(17-15-41)75-24-20-38(21-25-75)56(92-3)37-7-5-4-6-8-37)58(86)70-51(35(2)78)64(90)76-33-44(80)30-46(76)59(87)71-52(60(88)72-53(65(77)91)48(82)19-22-66)49(83)27-36-9-18-47(81)50(28-36)93-26-23-67/h4-18,28,34-35,38,43-46,48-49,51-56,78-84H,19-27,29-33,66-67H2,1-3H3,(H,68,89)(H,69,85)(H,70,86)(H,71,87)(H,72,88)/t34-,35+,43+,44+,45?,46-,48+,49+,51-,52-,53-,54-,55-,56?/m0/s1. The fraction of sp³-hybridized carbons (Fsp3) is 0.492. The third-order valence-corrected chi connectivity index (χ3v) is 18.7. The Kier molecular flexibility index (Phi) is 23.7. The Morgan fingerprint density at radius 3 is 2.01 bits per heavy atom. The van der Waals surface area contributed by atoms with Gasteiger partial charge in [0.15, 0.2) is 11.5 Å². The first-order valence-electron chi connectivity index (χ1n) is 31.5. The number of β-amino-alcohol motifs (C(OH)–C–C–N with tert-alkyl or cyclic N) is 1. The van der Waals surface area contributed by atoms with Crippen LogP contribution in [-0.2, 0) is 39.9 Å². The molecule has 7 amide bonds. The number of aromatic nitrogens is 2. The highest BCUT2D eigenvalue weighted by atomic mass is 32.1. The minimum atomic E-state index is -2.04. The Morgan fingerprint density at radius 1 is 0.734 bits per heavy atom. The van der Waals surface area contributed by atoms with Crippen LogP contribution in [0.1, 0.15) is 73.5 Å². The number of rotatable bonds is 18. The van der Waals surface area contributed by atoms with E-state index in [2.05, 4.69) is 65.9 Å². The van der Waals surface area contributed by atoms with Crippen LogP contribution >= 0.6 is 11.3 Å². The predicted molar refractivity (Wildman–Crippen MR) is 343 cm³/mol. The van der Waals surface area contributed by atoms with Crippen LogP contribution in [0.5, 0.6) is 11.5 Å². The van der Waals surface area contributed by atoms with Crippen LogP contribution in [0.3, 0.4) is 0 Å². The molecule has 28 nitrogen and oxygen atoms in total. The van der Waals surface area contributed by atoms with Gasteiger partial charge in [-0.05, 0) is 98.3 Å². The molecule has 4 saturated heterocycles. The number of phenols is 1. The first-order chi connectivity index (χ1) is 45.1. The summed E-state index contributed by atoms with van der Waals surface area (Å²) in [7, 11) is 1.76. The molecule has 94 heavy (non-hydrogen) atoms. The van der Waals surface area contributed by atoms with E-state index in [0.717, 1.165) is 53.9 Å². The van der Waals surface area contributed by atoms with Crippen molar-refractivity contribution in [2.24, 2.45) is 23.3 Å². The molecule has 4 aliphatic rings. The van der Waals surface area contributed by atoms with E-state index in [1.807, 2.05) is 30.3 Å². The van der Waals surface area contributed by atoms with Gasteiger partial charge in [-0.1, -0.05) is 66.8 Å². The van der Waals surface area contributed by atoms with E-state index in [4.69, 9.17) is 20.9 Å². The molecule has 0 radical (unpaired) electrons. The molecule has 0 spiro atoms. The number of phenolic OH excluding ortho intramolecular Hbond substituents is 1. The summed E-state index contributed by atoms with van der Waals surface area (Å²) >= 11 is 1.33. The summed E-state index contributed by atoms with van der Waals surface area (Å²) in [5.41, 5.74) is 15.4. The fourth-order valence-corrected chi connectivity index (χ4v) is 13.4. The molecular formula is C65H84N12O16S. The number of nitrogens with zero attached hydrogens (tertiary/aromatic N) is 5. The third kappa shape index (κ3) is 16.6. The number of piperidine rings is 1. The summed E-state index contributed by atoms with van der Waals surface area (Å²) in [4.78, 5) is 106. The highest BCUT2D eigenvalue weighted by Gasteiger charge is 2.50. The zero-order valence-electron chi connectivity index (χ0n) is 52.4. The summed E-state index contributed by atoms with van der Waals surface area (Å²) in [6.07, 6.45) is -9.89. The van der Waals surface area contributed by atoms with E-state index >= 15 is 0 Å². The van der Waals surface area contributed by atoms with Crippen molar-refractivity contribution in [1.29, 1.82) is 0 Å². The Bertz CT molecular complexity index is 3430. The molecule has 2 unspecified atom stereocenters. The van der Waals surface area contributed by atoms with Crippen molar-refractivity contribution in [3.63, 3.8) is 0 Å². The van der Waals surface area contributed by atoms with Gasteiger partial charge in [0.25, 0.3) is 5.91 Å². The summed E-state index contributed by atoms with van der Waals surface area (Å²) in [5, 5.41) is 102. The molecule has 4 fully saturated rings. The van der Waals surface area contributed by atoms with Gasteiger partial charge in [0, 0.05) is 93.9 Å². The Hall–Kier alpha value is -8.23. The van der Waals surface area contributed by atoms with Gasteiger partial charge in [0.1, 0.15) is 52.9 Å². The normalized spacial score (nSPS) is 26.0. The van der Waals surface area contributed by atoms with E-state index in [9.17, 15) is 69.3 Å². The minimum Gasteiger partial charge on any atom is -0.504 e. The average Bonchev–Trinajstić information content (AvgIpc) is 1.61. The highest BCUT2D eigenvalue weighted by molar-refractivity contribution is 7.17. The number of nitrogens with one attached hydrogen (secondary N) is 5. The Labute approximate surface area is 547 Å². The largest absolute Gasteiger partial charge is 0.504 e. The summed E-state index contributed by atoms with van der Waals surface area (Å²) in [6, 6.07) is 17.6. The smallest absolute Gasteiger partial charge is 0.251 e. The van der Waals surface area contributed by atoms with E-state index in [1.165, 1.54) is 54.2 Å². The summed E-state index contributed by atoms with van der Waals surface area (Å²) in [6.45, 7) is 2.82. The zero-order valence-corrected chi connectivity index (χ0v) is 53.2. The molecule has 1 aromatic heterocycles. The molecule has 506 valence electrons. The number of aromatic hydroxyl groups is 1. The molecule has 4 aliphatic heterocycles. The van der Waals surface area contributed by atoms with Crippen molar-refractivity contribution in [1.82, 2.24) is 46.6 Å². The van der Waals surface area contributed by atoms with Crippen molar-refractivity contribution < 1.29 is 78.8 Å². The van der Waals surface area contributed by atoms with Gasteiger partial charge in [-0.15, -0.1) is 10.2 Å². The number of aliphatic hydroxyl groups excluding tert-OH is 6. The van der Waals surface area contributed by atoms with Crippen LogP contribution < -0.4 is 47.7 Å². The van der Waals surface area contributed by atoms with Crippen LogP contribution in [0.4, 0.5) is 5.69 Å². The number of fused-ring (bicyclic) bond motifs is 2. The SMILES string of the molecule is COC(c1ccccc1)C1CCN(c2ccc(-c3nnc(-c4ccc(C(=O)NC5C[C@@H](O)CNC(=O)[C@@H]6[C@@H](O)[C@@H](C)CN6C(=O)[C@H]([C@H](O)CCN)NC(=O)[C@H]([C@H](O)Cc6ccc(O)c(OCCN)c6)NC(=O)[C@@H]6C[C@@H](O)CN6C(=O)[C@H]([C@@H](C)O)NC5=O)cc4)s3)cc2)CC1. The number of hydrogen-bond acceptors (Lipinski definition) is 22.